The molecule has 0 saturated heterocycles. The first kappa shape index (κ1) is 126. The minimum atomic E-state index is 0. The summed E-state index contributed by atoms with van der Waals surface area (Å²) >= 11 is 0. The molecule has 0 aliphatic carbocycles. The first-order valence-electron chi connectivity index (χ1n) is 22.3. The van der Waals surface area contributed by atoms with Crippen molar-refractivity contribution < 1.29 is 198 Å². The van der Waals surface area contributed by atoms with Crippen LogP contribution in [-0.4, -0.2) is 395 Å². The first-order chi connectivity index (χ1) is 27.5. The Balaban J connectivity index is -0.0000000280. The lowest BCUT2D eigenvalue weighted by Crippen LogP contribution is -3.00. The zero-order chi connectivity index (χ0) is 53.2. The largest absolute Gasteiger partial charge is 1.00 e. The fourth-order valence-electron chi connectivity index (χ4n) is 2.70. The van der Waals surface area contributed by atoms with Crippen LogP contribution in [-0.2, 0) is 0 Å². The summed E-state index contributed by atoms with van der Waals surface area (Å²) in [6.45, 7) is 10.0. The molecular formula is C45H126Cl9N9O9. The van der Waals surface area contributed by atoms with E-state index in [1.807, 2.05) is 0 Å². The average molecular weight is 1260 g/mol. The maximum Gasteiger partial charge on any atom is 0.101 e. The number of aliphatic hydroxyl groups is 9. The van der Waals surface area contributed by atoms with Crippen molar-refractivity contribution in [2.24, 2.45) is 0 Å². The molecule has 27 heteroatoms. The van der Waals surface area contributed by atoms with Crippen LogP contribution in [0.25, 0.3) is 0 Å². The molecule has 0 aromatic carbocycles. The quantitative estimate of drug-likeness (QED) is 0.0603. The molecule has 0 radical (unpaired) electrons. The van der Waals surface area contributed by atoms with Crippen molar-refractivity contribution in [2.75, 3.05) is 309 Å². The van der Waals surface area contributed by atoms with Crippen molar-refractivity contribution in [2.45, 2.75) is 0 Å². The summed E-state index contributed by atoms with van der Waals surface area (Å²) in [7, 11) is 55.4. The van der Waals surface area contributed by atoms with Crippen LogP contribution in [0.5, 0.6) is 0 Å². The van der Waals surface area contributed by atoms with Crippen molar-refractivity contribution in [1.29, 1.82) is 0 Å². The monoisotopic (exact) mass is 1250 g/mol. The normalized spacial score (nSPS) is 10.5. The SMILES string of the molecule is C[N+](C)(C)CCO.C[N+](C)(C)CCO.C[N+](C)(C)CCO.C[N+](C)(C)CCO.C[N+](C)(C)CCO.C[N+](C)(C)CCO.C[N+](C)(C)CCO.C[N+](C)(C)CCO.C[N+](C)(C)CCO.[Cl-].[Cl-].[Cl-].[Cl-].[Cl-].[Cl-].[Cl-].[Cl-].[Cl-]. The van der Waals surface area contributed by atoms with E-state index in [9.17, 15) is 0 Å². The van der Waals surface area contributed by atoms with E-state index < -0.39 is 0 Å². The van der Waals surface area contributed by atoms with Gasteiger partial charge < -0.3 is 198 Å². The summed E-state index contributed by atoms with van der Waals surface area (Å²) in [6.07, 6.45) is 0. The maximum atomic E-state index is 8.39. The van der Waals surface area contributed by atoms with Gasteiger partial charge in [0, 0.05) is 0 Å². The molecule has 18 nitrogen and oxygen atoms in total. The van der Waals surface area contributed by atoms with E-state index in [0.717, 1.165) is 99.3 Å². The number of quaternary nitrogens is 9. The van der Waals surface area contributed by atoms with Gasteiger partial charge in [-0.1, -0.05) is 0 Å². The molecule has 0 aliphatic rings. The summed E-state index contributed by atoms with van der Waals surface area (Å²) in [5.41, 5.74) is 0. The molecule has 0 atom stereocenters. The summed E-state index contributed by atoms with van der Waals surface area (Å²) in [6, 6.07) is 0. The summed E-state index contributed by atoms with van der Waals surface area (Å²) in [5.74, 6) is 0. The standard InChI is InChI=1S/9C5H14NO.9ClH/c9*1-6(2,3)4-5-7;;;;;;;;;/h9*7H,4-5H2,1-3H3;9*1H/q9*+1;;;;;;;;;/p-9. The molecule has 0 bridgehead atoms. The van der Waals surface area contributed by atoms with Crippen LogP contribution in [0.15, 0.2) is 0 Å². The Kier molecular flexibility index (Phi) is 120. The Hall–Kier alpha value is 1.89. The lowest BCUT2D eigenvalue weighted by atomic mass is 10.5. The molecule has 0 heterocycles. The van der Waals surface area contributed by atoms with Gasteiger partial charge in [-0.3, -0.25) is 0 Å². The number of hydrogen-bond acceptors (Lipinski definition) is 9. The average Bonchev–Trinajstić information content (AvgIpc) is 2.94. The Morgan fingerprint density at radius 2 is 0.181 bits per heavy atom. The topological polar surface area (TPSA) is 182 Å². The second-order valence-electron chi connectivity index (χ2n) is 24.6. The van der Waals surface area contributed by atoms with Gasteiger partial charge in [0.1, 0.15) is 58.9 Å². The third kappa shape index (κ3) is 252. The van der Waals surface area contributed by atoms with Crippen LogP contribution in [0.3, 0.4) is 0 Å². The number of nitrogens with zero attached hydrogens (tertiary/aromatic N) is 9. The van der Waals surface area contributed by atoms with Crippen molar-refractivity contribution in [3.8, 4) is 0 Å². The summed E-state index contributed by atoms with van der Waals surface area (Å²) in [4.78, 5) is 0. The molecular weight excluding hydrogens is 1130 g/mol. The lowest BCUT2D eigenvalue weighted by molar-refractivity contribution is -0.870. The molecule has 0 fully saturated rings. The van der Waals surface area contributed by atoms with Crippen LogP contribution in [0, 0.1) is 0 Å². The van der Waals surface area contributed by atoms with Crippen LogP contribution in [0.4, 0.5) is 0 Å². The molecule has 72 heavy (non-hydrogen) atoms. The van der Waals surface area contributed by atoms with E-state index in [4.69, 9.17) is 46.0 Å². The highest BCUT2D eigenvalue weighted by molar-refractivity contribution is 4.23. The van der Waals surface area contributed by atoms with Crippen molar-refractivity contribution in [1.82, 2.24) is 0 Å². The Bertz CT molecular complexity index is 686. The zero-order valence-corrected chi connectivity index (χ0v) is 58.0. The van der Waals surface area contributed by atoms with E-state index in [-0.39, 0.29) is 171 Å². The van der Waals surface area contributed by atoms with E-state index in [2.05, 4.69) is 190 Å². The van der Waals surface area contributed by atoms with Gasteiger partial charge in [-0.2, -0.15) is 0 Å². The van der Waals surface area contributed by atoms with Crippen LogP contribution in [0.1, 0.15) is 0 Å². The minimum absolute atomic E-state index is 0. The van der Waals surface area contributed by atoms with Gasteiger partial charge in [0.2, 0.25) is 0 Å². The third-order valence-electron chi connectivity index (χ3n) is 6.94. The fourth-order valence-corrected chi connectivity index (χ4v) is 2.70. The number of rotatable bonds is 18. The number of likely N-dealkylation sites (N-methyl/N-ethyl adjacent to an activating group) is 9. The Labute approximate surface area is 503 Å². The third-order valence-corrected chi connectivity index (χ3v) is 6.94. The smallest absolute Gasteiger partial charge is 0.101 e. The van der Waals surface area contributed by atoms with Crippen LogP contribution in [0.2, 0.25) is 0 Å². The molecule has 0 rings (SSSR count). The van der Waals surface area contributed by atoms with Gasteiger partial charge in [0.15, 0.2) is 0 Å². The van der Waals surface area contributed by atoms with Gasteiger partial charge in [0.25, 0.3) is 0 Å². The van der Waals surface area contributed by atoms with Gasteiger partial charge in [-0.05, 0) is 0 Å². The molecule has 0 aromatic heterocycles. The van der Waals surface area contributed by atoms with E-state index in [1.165, 1.54) is 0 Å². The van der Waals surface area contributed by atoms with Gasteiger partial charge >= 0.3 is 0 Å². The van der Waals surface area contributed by atoms with Crippen molar-refractivity contribution in [3.63, 3.8) is 0 Å². The molecule has 0 aliphatic heterocycles. The number of aliphatic hydroxyl groups excluding tert-OH is 9. The molecule has 0 aromatic rings. The predicted octanol–water partition coefficient (Wildman–Crippen LogP) is -29.8. The second kappa shape index (κ2) is 69.0. The van der Waals surface area contributed by atoms with Gasteiger partial charge in [-0.15, -0.1) is 0 Å². The molecule has 0 unspecified atom stereocenters. The highest BCUT2D eigenvalue weighted by Crippen LogP contribution is 1.89. The molecule has 0 amide bonds. The highest BCUT2D eigenvalue weighted by atomic mass is 35.5. The van der Waals surface area contributed by atoms with E-state index in [0.29, 0.717) is 0 Å². The zero-order valence-electron chi connectivity index (χ0n) is 51.2. The van der Waals surface area contributed by atoms with Gasteiger partial charge in [-0.25, -0.2) is 0 Å². The number of halogens is 9. The summed E-state index contributed by atoms with van der Waals surface area (Å²) < 4.78 is 7.59. The molecule has 0 spiro atoms. The van der Waals surface area contributed by atoms with E-state index >= 15 is 0 Å². The first-order valence-corrected chi connectivity index (χ1v) is 22.3. The van der Waals surface area contributed by atoms with E-state index in [1.54, 1.807) is 0 Å². The van der Waals surface area contributed by atoms with Gasteiger partial charge in [0.05, 0.1) is 250 Å². The van der Waals surface area contributed by atoms with Crippen molar-refractivity contribution >= 4 is 0 Å². The minimum Gasteiger partial charge on any atom is -1.00 e. The Morgan fingerprint density at radius 3 is 0.181 bits per heavy atom. The fraction of sp³-hybridized carbons (Fsp3) is 1.00. The number of hydrogen-bond donors (Lipinski definition) is 9. The molecule has 0 saturated carbocycles. The molecule has 9 N–H and O–H groups in total. The van der Waals surface area contributed by atoms with Crippen LogP contribution < -0.4 is 112 Å². The van der Waals surface area contributed by atoms with Crippen LogP contribution >= 0.6 is 0 Å². The molecule has 468 valence electrons. The highest BCUT2D eigenvalue weighted by Gasteiger charge is 2.07. The maximum absolute atomic E-state index is 8.39. The van der Waals surface area contributed by atoms with Crippen molar-refractivity contribution in [3.05, 3.63) is 0 Å². The second-order valence-corrected chi connectivity index (χ2v) is 24.6. The summed E-state index contributed by atoms with van der Waals surface area (Å²) in [5, 5.41) is 75.5. The Morgan fingerprint density at radius 1 is 0.139 bits per heavy atom. The lowest BCUT2D eigenvalue weighted by Gasteiger charge is -2.21. The predicted molar refractivity (Wildman–Crippen MR) is 270 cm³/mol.